The highest BCUT2D eigenvalue weighted by Gasteiger charge is 2.09. The molecule has 5 nitrogen and oxygen atoms in total. The molecule has 1 amide bonds. The van der Waals surface area contributed by atoms with Crippen molar-refractivity contribution in [1.29, 1.82) is 0 Å². The molecule has 0 spiro atoms. The number of benzene rings is 1. The standard InChI is InChI=1S/C12H13NO4/c14-6-9-7-17-10-3-1-2-8(11(9)10)4-5-13-12(15)16/h1-3,7,13-14H,4-6H2,(H,15,16). The fourth-order valence-electron chi connectivity index (χ4n) is 1.86. The van der Waals surface area contributed by atoms with Gasteiger partial charge in [0.1, 0.15) is 5.58 Å². The van der Waals surface area contributed by atoms with Crippen LogP contribution in [0.1, 0.15) is 11.1 Å². The van der Waals surface area contributed by atoms with E-state index in [9.17, 15) is 9.90 Å². The van der Waals surface area contributed by atoms with Crippen LogP contribution in [-0.4, -0.2) is 22.9 Å². The highest BCUT2D eigenvalue weighted by molar-refractivity contribution is 5.84. The lowest BCUT2D eigenvalue weighted by Crippen LogP contribution is -2.23. The maximum atomic E-state index is 10.4. The number of hydrogen-bond donors (Lipinski definition) is 3. The van der Waals surface area contributed by atoms with Gasteiger partial charge < -0.3 is 19.9 Å². The number of amides is 1. The molecular weight excluding hydrogens is 222 g/mol. The van der Waals surface area contributed by atoms with Crippen molar-refractivity contribution in [3.05, 3.63) is 35.6 Å². The van der Waals surface area contributed by atoms with E-state index in [1.54, 1.807) is 0 Å². The van der Waals surface area contributed by atoms with Crippen molar-refractivity contribution in [2.45, 2.75) is 13.0 Å². The number of rotatable bonds is 4. The van der Waals surface area contributed by atoms with Gasteiger partial charge >= 0.3 is 6.09 Å². The first-order valence-corrected chi connectivity index (χ1v) is 5.28. The maximum Gasteiger partial charge on any atom is 0.404 e. The zero-order valence-electron chi connectivity index (χ0n) is 9.14. The monoisotopic (exact) mass is 235 g/mol. The Balaban J connectivity index is 2.26. The molecule has 0 saturated heterocycles. The summed E-state index contributed by atoms with van der Waals surface area (Å²) in [7, 11) is 0. The zero-order valence-corrected chi connectivity index (χ0v) is 9.14. The van der Waals surface area contributed by atoms with Gasteiger partial charge in [0, 0.05) is 17.5 Å². The Morgan fingerprint density at radius 2 is 2.18 bits per heavy atom. The second kappa shape index (κ2) is 4.88. The van der Waals surface area contributed by atoms with Crippen molar-refractivity contribution in [2.75, 3.05) is 6.54 Å². The minimum atomic E-state index is -1.04. The average molecular weight is 235 g/mol. The summed E-state index contributed by atoms with van der Waals surface area (Å²) in [6.07, 6.45) is 1.06. The van der Waals surface area contributed by atoms with Crippen LogP contribution in [0, 0.1) is 0 Å². The van der Waals surface area contributed by atoms with Crippen LogP contribution in [0.25, 0.3) is 11.0 Å². The normalized spacial score (nSPS) is 10.6. The molecule has 2 rings (SSSR count). The Bertz CT molecular complexity index is 532. The van der Waals surface area contributed by atoms with Gasteiger partial charge in [0.25, 0.3) is 0 Å². The zero-order chi connectivity index (χ0) is 12.3. The average Bonchev–Trinajstić information content (AvgIpc) is 2.72. The van der Waals surface area contributed by atoms with E-state index < -0.39 is 6.09 Å². The van der Waals surface area contributed by atoms with E-state index in [0.29, 0.717) is 18.5 Å². The Labute approximate surface area is 97.7 Å². The summed E-state index contributed by atoms with van der Waals surface area (Å²) >= 11 is 0. The largest absolute Gasteiger partial charge is 0.465 e. The van der Waals surface area contributed by atoms with Gasteiger partial charge in [-0.05, 0) is 18.1 Å². The van der Waals surface area contributed by atoms with E-state index in [1.807, 2.05) is 18.2 Å². The molecule has 0 saturated carbocycles. The van der Waals surface area contributed by atoms with Crippen LogP contribution in [0.3, 0.4) is 0 Å². The van der Waals surface area contributed by atoms with E-state index in [-0.39, 0.29) is 6.61 Å². The van der Waals surface area contributed by atoms with E-state index in [4.69, 9.17) is 9.52 Å². The Morgan fingerprint density at radius 3 is 2.88 bits per heavy atom. The predicted octanol–water partition coefficient (Wildman–Crippen LogP) is 1.74. The number of hydrogen-bond acceptors (Lipinski definition) is 3. The molecule has 5 heteroatoms. The predicted molar refractivity (Wildman–Crippen MR) is 61.9 cm³/mol. The fourth-order valence-corrected chi connectivity index (χ4v) is 1.86. The third-order valence-corrected chi connectivity index (χ3v) is 2.60. The number of aliphatic hydroxyl groups excluding tert-OH is 1. The number of carbonyl (C=O) groups is 1. The first-order chi connectivity index (χ1) is 8.22. The Morgan fingerprint density at radius 1 is 1.35 bits per heavy atom. The SMILES string of the molecule is O=C(O)NCCc1cccc2occ(CO)c12. The van der Waals surface area contributed by atoms with Crippen LogP contribution in [0.4, 0.5) is 4.79 Å². The smallest absolute Gasteiger partial charge is 0.404 e. The van der Waals surface area contributed by atoms with Crippen LogP contribution in [0.2, 0.25) is 0 Å². The summed E-state index contributed by atoms with van der Waals surface area (Å²) in [6.45, 7) is 0.251. The second-order valence-electron chi connectivity index (χ2n) is 3.69. The summed E-state index contributed by atoms with van der Waals surface area (Å²) in [6, 6.07) is 5.58. The van der Waals surface area contributed by atoms with Gasteiger partial charge in [-0.2, -0.15) is 0 Å². The molecule has 1 aromatic heterocycles. The summed E-state index contributed by atoms with van der Waals surface area (Å²) in [5.41, 5.74) is 2.40. The van der Waals surface area contributed by atoms with Crippen molar-refractivity contribution < 1.29 is 19.4 Å². The minimum absolute atomic E-state index is 0.0869. The Hall–Kier alpha value is -2.01. The molecule has 0 aliphatic carbocycles. The number of carboxylic acid groups (broad SMARTS) is 1. The lowest BCUT2D eigenvalue weighted by atomic mass is 10.0. The Kier molecular flexibility index (Phi) is 3.30. The molecule has 1 aromatic carbocycles. The molecule has 0 atom stereocenters. The molecule has 0 aliphatic rings. The highest BCUT2D eigenvalue weighted by atomic mass is 16.4. The maximum absolute atomic E-state index is 10.4. The van der Waals surface area contributed by atoms with Gasteiger partial charge in [-0.15, -0.1) is 0 Å². The number of furan rings is 1. The van der Waals surface area contributed by atoms with Crippen LogP contribution in [0.5, 0.6) is 0 Å². The number of nitrogens with one attached hydrogen (secondary N) is 1. The summed E-state index contributed by atoms with van der Waals surface area (Å²) in [5, 5.41) is 20.9. The molecule has 0 unspecified atom stereocenters. The third-order valence-electron chi connectivity index (χ3n) is 2.60. The van der Waals surface area contributed by atoms with Crippen LogP contribution < -0.4 is 5.32 Å². The summed E-state index contributed by atoms with van der Waals surface area (Å²) in [4.78, 5) is 10.4. The van der Waals surface area contributed by atoms with Gasteiger partial charge in [-0.1, -0.05) is 12.1 Å². The molecular formula is C12H13NO4. The van der Waals surface area contributed by atoms with Crippen molar-refractivity contribution in [3.8, 4) is 0 Å². The molecule has 0 bridgehead atoms. The number of fused-ring (bicyclic) bond motifs is 1. The quantitative estimate of drug-likeness (QED) is 0.753. The fraction of sp³-hybridized carbons (Fsp3) is 0.250. The lowest BCUT2D eigenvalue weighted by molar-refractivity contribution is 0.194. The van der Waals surface area contributed by atoms with Gasteiger partial charge in [0.05, 0.1) is 12.9 Å². The van der Waals surface area contributed by atoms with Crippen molar-refractivity contribution in [2.24, 2.45) is 0 Å². The summed E-state index contributed by atoms with van der Waals surface area (Å²) in [5.74, 6) is 0. The van der Waals surface area contributed by atoms with E-state index >= 15 is 0 Å². The van der Waals surface area contributed by atoms with Gasteiger partial charge in [0.15, 0.2) is 0 Å². The first-order valence-electron chi connectivity index (χ1n) is 5.28. The topological polar surface area (TPSA) is 82.7 Å². The van der Waals surface area contributed by atoms with Crippen molar-refractivity contribution in [1.82, 2.24) is 5.32 Å². The molecule has 0 aliphatic heterocycles. The molecule has 1 heterocycles. The van der Waals surface area contributed by atoms with Crippen molar-refractivity contribution >= 4 is 17.1 Å². The molecule has 3 N–H and O–H groups in total. The highest BCUT2D eigenvalue weighted by Crippen LogP contribution is 2.25. The van der Waals surface area contributed by atoms with E-state index in [1.165, 1.54) is 6.26 Å². The lowest BCUT2D eigenvalue weighted by Gasteiger charge is -2.04. The molecule has 17 heavy (non-hydrogen) atoms. The summed E-state index contributed by atoms with van der Waals surface area (Å²) < 4.78 is 5.31. The van der Waals surface area contributed by atoms with Crippen molar-refractivity contribution in [3.63, 3.8) is 0 Å². The van der Waals surface area contributed by atoms with E-state index in [2.05, 4.69) is 5.32 Å². The third kappa shape index (κ3) is 2.39. The van der Waals surface area contributed by atoms with Crippen LogP contribution >= 0.6 is 0 Å². The second-order valence-corrected chi connectivity index (χ2v) is 3.69. The molecule has 0 fully saturated rings. The van der Waals surface area contributed by atoms with Crippen LogP contribution in [0.15, 0.2) is 28.9 Å². The van der Waals surface area contributed by atoms with Gasteiger partial charge in [-0.3, -0.25) is 0 Å². The van der Waals surface area contributed by atoms with Gasteiger partial charge in [-0.25, -0.2) is 4.79 Å². The minimum Gasteiger partial charge on any atom is -0.465 e. The molecule has 90 valence electrons. The molecule has 2 aromatic rings. The van der Waals surface area contributed by atoms with Gasteiger partial charge in [0.2, 0.25) is 0 Å². The van der Waals surface area contributed by atoms with Crippen LogP contribution in [-0.2, 0) is 13.0 Å². The van der Waals surface area contributed by atoms with E-state index in [0.717, 1.165) is 16.5 Å². The first kappa shape index (κ1) is 11.5. The molecule has 0 radical (unpaired) electrons. The number of aliphatic hydroxyl groups is 1.